The third kappa shape index (κ3) is 5.67. The van der Waals surface area contributed by atoms with Gasteiger partial charge in [0.2, 0.25) is 0 Å². The fourth-order valence-electron chi connectivity index (χ4n) is 4.59. The summed E-state index contributed by atoms with van der Waals surface area (Å²) in [7, 11) is 2.07. The number of halogens is 1. The van der Waals surface area contributed by atoms with E-state index in [1.807, 2.05) is 26.0 Å². The summed E-state index contributed by atoms with van der Waals surface area (Å²) in [5.74, 6) is -0.452. The third-order valence-corrected chi connectivity index (χ3v) is 6.49. The molecule has 2 aliphatic heterocycles. The average Bonchev–Trinajstić information content (AvgIpc) is 3.54. The van der Waals surface area contributed by atoms with Crippen molar-refractivity contribution in [2.45, 2.75) is 46.8 Å². The van der Waals surface area contributed by atoms with Crippen molar-refractivity contribution in [2.75, 3.05) is 38.1 Å². The molecule has 0 bridgehead atoms. The van der Waals surface area contributed by atoms with Gasteiger partial charge in [0, 0.05) is 38.4 Å². The number of likely N-dealkylation sites (N-methyl/N-ethyl adjacent to an activating group) is 1. The van der Waals surface area contributed by atoms with E-state index in [4.69, 9.17) is 9.84 Å². The molecule has 10 nitrogen and oxygen atoms in total. The lowest BCUT2D eigenvalue weighted by molar-refractivity contribution is 0.0247. The molecule has 0 atom stereocenters. The van der Waals surface area contributed by atoms with Gasteiger partial charge in [-0.1, -0.05) is 19.9 Å². The van der Waals surface area contributed by atoms with Gasteiger partial charge in [0.15, 0.2) is 5.82 Å². The normalized spacial score (nSPS) is 15.3. The van der Waals surface area contributed by atoms with Crippen LogP contribution in [0.1, 0.15) is 56.2 Å². The van der Waals surface area contributed by atoms with E-state index in [-0.39, 0.29) is 34.6 Å². The first-order valence-corrected chi connectivity index (χ1v) is 13.3. The Morgan fingerprint density at radius 2 is 1.80 bits per heavy atom. The van der Waals surface area contributed by atoms with Crippen LogP contribution in [0.3, 0.4) is 0 Å². The molecule has 0 unspecified atom stereocenters. The second kappa shape index (κ2) is 11.4. The minimum atomic E-state index is -0.804. The van der Waals surface area contributed by atoms with E-state index in [1.165, 1.54) is 24.3 Å². The first-order valence-electron chi connectivity index (χ1n) is 13.3. The molecule has 2 amide bonds. The molecule has 210 valence electrons. The Morgan fingerprint density at radius 3 is 2.45 bits per heavy atom. The zero-order valence-electron chi connectivity index (χ0n) is 23.7. The molecule has 1 aromatic carbocycles. The second-order valence-electron chi connectivity index (χ2n) is 10.4. The van der Waals surface area contributed by atoms with Crippen molar-refractivity contribution in [3.63, 3.8) is 0 Å². The average molecular weight is 548 g/mol. The first-order chi connectivity index (χ1) is 19.1. The second-order valence-corrected chi connectivity index (χ2v) is 10.4. The van der Waals surface area contributed by atoms with E-state index in [0.717, 1.165) is 36.9 Å². The zero-order chi connectivity index (χ0) is 29.2. The molecule has 5 rings (SSSR count). The highest BCUT2D eigenvalue weighted by Gasteiger charge is 2.39. The minimum Gasteiger partial charge on any atom is -0.443 e. The highest BCUT2D eigenvalue weighted by atomic mass is 19.1. The Hall–Kier alpha value is -4.30. The highest BCUT2D eigenvalue weighted by Crippen LogP contribution is 2.34. The van der Waals surface area contributed by atoms with Crippen LogP contribution < -0.4 is 4.90 Å². The molecule has 11 heteroatoms. The topological polar surface area (TPSA) is 108 Å². The van der Waals surface area contributed by atoms with Gasteiger partial charge in [-0.2, -0.15) is 10.4 Å². The monoisotopic (exact) mass is 547 g/mol. The summed E-state index contributed by atoms with van der Waals surface area (Å²) < 4.78 is 22.0. The van der Waals surface area contributed by atoms with Gasteiger partial charge in [-0.3, -0.25) is 4.79 Å². The lowest BCUT2D eigenvalue weighted by Crippen LogP contribution is -2.44. The summed E-state index contributed by atoms with van der Waals surface area (Å²) in [6.45, 7) is 12.4. The molecule has 0 N–H and O–H groups in total. The number of aromatic nitrogens is 3. The molecule has 0 spiro atoms. The van der Waals surface area contributed by atoms with Gasteiger partial charge in [0.25, 0.3) is 5.91 Å². The van der Waals surface area contributed by atoms with Gasteiger partial charge in [-0.25, -0.2) is 23.8 Å². The quantitative estimate of drug-likeness (QED) is 0.468. The Kier molecular flexibility index (Phi) is 8.21. The van der Waals surface area contributed by atoms with Gasteiger partial charge in [-0.05, 0) is 46.0 Å². The molecule has 2 aliphatic rings. The number of fused-ring (bicyclic) bond motifs is 1. The summed E-state index contributed by atoms with van der Waals surface area (Å²) >= 11 is 0. The summed E-state index contributed by atoms with van der Waals surface area (Å²) in [5.41, 5.74) is 0.294. The smallest absolute Gasteiger partial charge is 0.417 e. The minimum absolute atomic E-state index is 0.0219. The number of benzene rings is 1. The Morgan fingerprint density at radius 1 is 1.10 bits per heavy atom. The van der Waals surface area contributed by atoms with E-state index in [2.05, 4.69) is 21.8 Å². The van der Waals surface area contributed by atoms with Gasteiger partial charge < -0.3 is 14.5 Å². The van der Waals surface area contributed by atoms with Crippen molar-refractivity contribution in [3.05, 3.63) is 59.2 Å². The number of piperazine rings is 1. The number of carbonyl (C=O) groups excluding carboxylic acids is 2. The van der Waals surface area contributed by atoms with Crippen LogP contribution in [-0.4, -0.2) is 75.4 Å². The number of hydrogen-bond acceptors (Lipinski definition) is 8. The van der Waals surface area contributed by atoms with E-state index < -0.39 is 23.4 Å². The maximum atomic E-state index is 15.0. The SMILES string of the molecule is CC.CN1CCN(c2ccn(-c3cc(-c4c(F)cccc4C#N)nc4c3C(=O)N(C(=O)OC(C)(C)C)C4)n2)CC1. The number of hydrogen-bond donors (Lipinski definition) is 0. The van der Waals surface area contributed by atoms with E-state index in [1.54, 1.807) is 31.6 Å². The number of ether oxygens (including phenoxy) is 1. The van der Waals surface area contributed by atoms with Crippen molar-refractivity contribution in [1.29, 1.82) is 5.26 Å². The van der Waals surface area contributed by atoms with Crippen LogP contribution in [0.4, 0.5) is 15.0 Å². The lowest BCUT2D eigenvalue weighted by atomic mass is 10.0. The third-order valence-electron chi connectivity index (χ3n) is 6.49. The molecule has 0 aliphatic carbocycles. The van der Waals surface area contributed by atoms with Crippen LogP contribution in [-0.2, 0) is 11.3 Å². The Bertz CT molecular complexity index is 1460. The molecular weight excluding hydrogens is 513 g/mol. The number of imide groups is 1. The van der Waals surface area contributed by atoms with Crippen LogP contribution in [0, 0.1) is 17.1 Å². The molecule has 0 saturated carbocycles. The maximum absolute atomic E-state index is 15.0. The predicted octanol–water partition coefficient (Wildman–Crippen LogP) is 4.61. The number of carbonyl (C=O) groups is 2. The molecular formula is C29H34FN7O3. The summed E-state index contributed by atoms with van der Waals surface area (Å²) in [5, 5.41) is 14.3. The fraction of sp³-hybridized carbons (Fsp3) is 0.414. The van der Waals surface area contributed by atoms with Crippen LogP contribution in [0.5, 0.6) is 0 Å². The molecule has 3 aromatic rings. The van der Waals surface area contributed by atoms with Crippen molar-refractivity contribution < 1.29 is 18.7 Å². The number of pyridine rings is 1. The molecule has 0 radical (unpaired) electrons. The molecule has 1 saturated heterocycles. The van der Waals surface area contributed by atoms with Gasteiger partial charge in [0.1, 0.15) is 11.4 Å². The standard InChI is InChI=1S/C27H28FN7O3.C2H6/c1-27(2,3)38-26(37)34-16-20-24(25(34)36)21(14-19(30-20)23-17(15-29)6-5-7-18(23)28)35-9-8-22(31-35)33-12-10-32(4)11-13-33;1-2/h5-9,14H,10-13,16H2,1-4H3;1-2H3. The lowest BCUT2D eigenvalue weighted by Gasteiger charge is -2.32. The molecule has 4 heterocycles. The van der Waals surface area contributed by atoms with E-state index >= 15 is 0 Å². The highest BCUT2D eigenvalue weighted by molar-refractivity contribution is 6.08. The van der Waals surface area contributed by atoms with Crippen molar-refractivity contribution in [3.8, 4) is 23.0 Å². The maximum Gasteiger partial charge on any atom is 0.417 e. The molecule has 40 heavy (non-hydrogen) atoms. The van der Waals surface area contributed by atoms with E-state index in [9.17, 15) is 19.2 Å². The number of anilines is 1. The van der Waals surface area contributed by atoms with E-state index in [0.29, 0.717) is 5.69 Å². The van der Waals surface area contributed by atoms with Gasteiger partial charge in [0.05, 0.1) is 46.4 Å². The zero-order valence-corrected chi connectivity index (χ0v) is 23.7. The Labute approximate surface area is 233 Å². The molecule has 1 fully saturated rings. The van der Waals surface area contributed by atoms with Crippen LogP contribution in [0.25, 0.3) is 16.9 Å². The Balaban J connectivity index is 0.00000181. The van der Waals surface area contributed by atoms with Gasteiger partial charge >= 0.3 is 6.09 Å². The predicted molar refractivity (Wildman–Crippen MR) is 149 cm³/mol. The largest absolute Gasteiger partial charge is 0.443 e. The number of nitrogens with zero attached hydrogens (tertiary/aromatic N) is 7. The van der Waals surface area contributed by atoms with Crippen molar-refractivity contribution in [2.24, 2.45) is 0 Å². The molecule has 2 aromatic heterocycles. The van der Waals surface area contributed by atoms with Crippen molar-refractivity contribution in [1.82, 2.24) is 24.6 Å². The van der Waals surface area contributed by atoms with Crippen LogP contribution in [0.15, 0.2) is 36.5 Å². The number of nitriles is 1. The first kappa shape index (κ1) is 28.7. The fourth-order valence-corrected chi connectivity index (χ4v) is 4.59. The summed E-state index contributed by atoms with van der Waals surface area (Å²) in [6.07, 6.45) is 0.929. The number of rotatable bonds is 3. The van der Waals surface area contributed by atoms with Crippen LogP contribution in [0.2, 0.25) is 0 Å². The number of amides is 2. The summed E-state index contributed by atoms with van der Waals surface area (Å²) in [4.78, 5) is 36.3. The van der Waals surface area contributed by atoms with Crippen LogP contribution >= 0.6 is 0 Å². The van der Waals surface area contributed by atoms with Gasteiger partial charge in [-0.15, -0.1) is 0 Å². The van der Waals surface area contributed by atoms with Crippen molar-refractivity contribution >= 4 is 17.8 Å². The summed E-state index contributed by atoms with van der Waals surface area (Å²) in [6, 6.07) is 9.61.